The summed E-state index contributed by atoms with van der Waals surface area (Å²) in [6.07, 6.45) is -0.149. The molecule has 0 saturated carbocycles. The monoisotopic (exact) mass is 416 g/mol. The molecule has 3 aromatic rings. The van der Waals surface area contributed by atoms with Gasteiger partial charge in [-0.3, -0.25) is 9.59 Å². The van der Waals surface area contributed by atoms with Gasteiger partial charge >= 0.3 is 11.6 Å². The van der Waals surface area contributed by atoms with Gasteiger partial charge in [0.15, 0.2) is 11.5 Å². The Labute approximate surface area is 168 Å². The number of benzene rings is 2. The molecule has 1 aliphatic heterocycles. The van der Waals surface area contributed by atoms with Crippen molar-refractivity contribution in [2.24, 2.45) is 0 Å². The Morgan fingerprint density at radius 2 is 2.00 bits per heavy atom. The molecule has 1 aliphatic rings. The van der Waals surface area contributed by atoms with E-state index in [1.165, 1.54) is 25.1 Å². The molecule has 4 rings (SSSR count). The second-order valence-corrected chi connectivity index (χ2v) is 7.29. The number of ketones is 1. The van der Waals surface area contributed by atoms with E-state index in [1.807, 2.05) is 0 Å². The molecule has 29 heavy (non-hydrogen) atoms. The van der Waals surface area contributed by atoms with Crippen LogP contribution in [-0.2, 0) is 4.79 Å². The minimum Gasteiger partial charge on any atom is -0.506 e. The van der Waals surface area contributed by atoms with Crippen LogP contribution in [0.1, 0.15) is 46.3 Å². The van der Waals surface area contributed by atoms with Crippen molar-refractivity contribution < 1.29 is 28.2 Å². The van der Waals surface area contributed by atoms with Crippen molar-refractivity contribution in [1.82, 2.24) is 0 Å². The van der Waals surface area contributed by atoms with Crippen molar-refractivity contribution >= 4 is 34.3 Å². The Hall–Kier alpha value is -3.19. The highest BCUT2D eigenvalue weighted by atomic mass is 35.5. The molecule has 0 amide bonds. The van der Waals surface area contributed by atoms with Gasteiger partial charge in [0.25, 0.3) is 0 Å². The third kappa shape index (κ3) is 2.98. The molecule has 148 valence electrons. The maximum Gasteiger partial charge on any atom is 0.336 e. The van der Waals surface area contributed by atoms with Gasteiger partial charge in [0, 0.05) is 17.5 Å². The first-order valence-corrected chi connectivity index (χ1v) is 9.06. The first-order chi connectivity index (χ1) is 13.7. The molecule has 0 spiro atoms. The number of halogens is 2. The van der Waals surface area contributed by atoms with E-state index < -0.39 is 34.9 Å². The number of ether oxygens (including phenoxy) is 1. The highest BCUT2D eigenvalue weighted by Crippen LogP contribution is 2.49. The molecule has 1 aromatic heterocycles. The fraction of sp³-hybridized carbons (Fsp3) is 0.190. The second-order valence-electron chi connectivity index (χ2n) is 6.88. The zero-order valence-corrected chi connectivity index (χ0v) is 16.1. The lowest BCUT2D eigenvalue weighted by atomic mass is 9.83. The van der Waals surface area contributed by atoms with Crippen LogP contribution in [0, 0.1) is 12.7 Å². The minimum atomic E-state index is -0.726. The van der Waals surface area contributed by atoms with Crippen LogP contribution in [0.2, 0.25) is 5.02 Å². The van der Waals surface area contributed by atoms with E-state index in [1.54, 1.807) is 6.92 Å². The number of aryl methyl sites for hydroxylation is 1. The average molecular weight is 417 g/mol. The number of hydrogen-bond donors (Lipinski definition) is 1. The molecule has 0 saturated heterocycles. The molecular weight excluding hydrogens is 403 g/mol. The molecule has 0 aliphatic carbocycles. The molecular formula is C21H14ClFO6. The standard InChI is InChI=1S/C21H14ClFO6/c1-8-5-14(25)28-20-16(8)19(27)17(9(2)24)21-18(20)11(7-15(26)29-21)10-3-4-13(23)12(22)6-10/h3-6,11,27H,7H2,1-2H3/t11-/m0/s1. The van der Waals surface area contributed by atoms with Crippen molar-refractivity contribution in [1.29, 1.82) is 0 Å². The molecule has 6 nitrogen and oxygen atoms in total. The molecule has 0 bridgehead atoms. The zero-order valence-electron chi connectivity index (χ0n) is 15.3. The fourth-order valence-corrected chi connectivity index (χ4v) is 3.94. The van der Waals surface area contributed by atoms with Crippen molar-refractivity contribution in [3.05, 3.63) is 67.8 Å². The Kier molecular flexibility index (Phi) is 4.42. The third-order valence-corrected chi connectivity index (χ3v) is 5.27. The molecule has 0 unspecified atom stereocenters. The normalized spacial score (nSPS) is 15.9. The largest absolute Gasteiger partial charge is 0.506 e. The van der Waals surface area contributed by atoms with E-state index in [4.69, 9.17) is 20.8 Å². The molecule has 2 aromatic carbocycles. The van der Waals surface area contributed by atoms with E-state index in [0.717, 1.165) is 6.07 Å². The quantitative estimate of drug-likeness (QED) is 0.290. The first-order valence-electron chi connectivity index (χ1n) is 8.68. The van der Waals surface area contributed by atoms with E-state index in [9.17, 15) is 23.9 Å². The molecule has 8 heteroatoms. The number of rotatable bonds is 2. The maximum absolute atomic E-state index is 13.7. The molecule has 1 atom stereocenters. The van der Waals surface area contributed by atoms with Gasteiger partial charge in [-0.1, -0.05) is 17.7 Å². The lowest BCUT2D eigenvalue weighted by Crippen LogP contribution is -2.23. The van der Waals surface area contributed by atoms with Crippen molar-refractivity contribution in [2.75, 3.05) is 0 Å². The fourth-order valence-electron chi connectivity index (χ4n) is 3.75. The zero-order chi connectivity index (χ0) is 21.0. The summed E-state index contributed by atoms with van der Waals surface area (Å²) >= 11 is 5.91. The lowest BCUT2D eigenvalue weighted by molar-refractivity contribution is -0.135. The van der Waals surface area contributed by atoms with Crippen LogP contribution in [0.5, 0.6) is 11.5 Å². The minimum absolute atomic E-state index is 0.00504. The van der Waals surface area contributed by atoms with Crippen LogP contribution >= 0.6 is 11.6 Å². The molecule has 1 N–H and O–H groups in total. The van der Waals surface area contributed by atoms with E-state index in [-0.39, 0.29) is 39.3 Å². The number of aromatic hydroxyl groups is 1. The topological polar surface area (TPSA) is 93.8 Å². The van der Waals surface area contributed by atoms with Crippen LogP contribution < -0.4 is 10.4 Å². The Morgan fingerprint density at radius 1 is 1.28 bits per heavy atom. The summed E-state index contributed by atoms with van der Waals surface area (Å²) < 4.78 is 24.3. The number of carbonyl (C=O) groups excluding carboxylic acids is 2. The molecule has 2 heterocycles. The number of esters is 1. The van der Waals surface area contributed by atoms with Gasteiger partial charge in [-0.15, -0.1) is 0 Å². The number of Topliss-reactive ketones (excluding diaryl/α,β-unsaturated/α-hetero) is 1. The van der Waals surface area contributed by atoms with Crippen molar-refractivity contribution in [3.8, 4) is 11.5 Å². The number of phenols is 1. The lowest BCUT2D eigenvalue weighted by Gasteiger charge is -2.28. The summed E-state index contributed by atoms with van der Waals surface area (Å²) in [7, 11) is 0. The van der Waals surface area contributed by atoms with Gasteiger partial charge < -0.3 is 14.3 Å². The van der Waals surface area contributed by atoms with Crippen LogP contribution in [0.25, 0.3) is 11.0 Å². The van der Waals surface area contributed by atoms with Gasteiger partial charge in [-0.05, 0) is 37.1 Å². The smallest absolute Gasteiger partial charge is 0.336 e. The Bertz CT molecular complexity index is 1280. The summed E-state index contributed by atoms with van der Waals surface area (Å²) in [6.45, 7) is 2.82. The first kappa shape index (κ1) is 19.1. The molecule has 0 radical (unpaired) electrons. The second kappa shape index (κ2) is 6.70. The predicted molar refractivity (Wildman–Crippen MR) is 102 cm³/mol. The SMILES string of the molecule is CC(=O)c1c2c(c3oc(=O)cc(C)c3c1O)[C@H](c1ccc(F)c(Cl)c1)CC(=O)O2. The van der Waals surface area contributed by atoms with Crippen molar-refractivity contribution in [3.63, 3.8) is 0 Å². The van der Waals surface area contributed by atoms with Crippen LogP contribution in [0.15, 0.2) is 33.5 Å². The van der Waals surface area contributed by atoms with Crippen LogP contribution in [-0.4, -0.2) is 16.9 Å². The highest BCUT2D eigenvalue weighted by Gasteiger charge is 2.37. The third-order valence-electron chi connectivity index (χ3n) is 4.98. The van der Waals surface area contributed by atoms with Gasteiger partial charge in [-0.2, -0.15) is 0 Å². The Morgan fingerprint density at radius 3 is 2.66 bits per heavy atom. The van der Waals surface area contributed by atoms with Gasteiger partial charge in [0.05, 0.1) is 16.8 Å². The van der Waals surface area contributed by atoms with E-state index in [0.29, 0.717) is 11.1 Å². The maximum atomic E-state index is 13.7. The number of hydrogen-bond acceptors (Lipinski definition) is 6. The average Bonchev–Trinajstić information content (AvgIpc) is 2.62. The van der Waals surface area contributed by atoms with Gasteiger partial charge in [0.2, 0.25) is 0 Å². The Balaban J connectivity index is 2.17. The summed E-state index contributed by atoms with van der Waals surface area (Å²) in [5.41, 5.74) is 0.277. The van der Waals surface area contributed by atoms with Crippen LogP contribution in [0.3, 0.4) is 0 Å². The summed E-state index contributed by atoms with van der Waals surface area (Å²) in [5, 5.41) is 10.8. The van der Waals surface area contributed by atoms with E-state index >= 15 is 0 Å². The number of phenolic OH excluding ortho intramolecular Hbond substituents is 1. The highest BCUT2D eigenvalue weighted by molar-refractivity contribution is 6.30. The predicted octanol–water partition coefficient (Wildman–Crippen LogP) is 4.24. The van der Waals surface area contributed by atoms with Crippen LogP contribution in [0.4, 0.5) is 4.39 Å². The molecule has 0 fully saturated rings. The summed E-state index contributed by atoms with van der Waals surface area (Å²) in [5.74, 6) is -3.14. The van der Waals surface area contributed by atoms with Gasteiger partial charge in [-0.25, -0.2) is 9.18 Å². The number of carbonyl (C=O) groups is 2. The number of fused-ring (bicyclic) bond motifs is 3. The van der Waals surface area contributed by atoms with Crippen molar-refractivity contribution in [2.45, 2.75) is 26.2 Å². The van der Waals surface area contributed by atoms with E-state index in [2.05, 4.69) is 0 Å². The summed E-state index contributed by atoms with van der Waals surface area (Å²) in [6, 6.07) is 5.17. The summed E-state index contributed by atoms with van der Waals surface area (Å²) in [4.78, 5) is 36.6. The van der Waals surface area contributed by atoms with Gasteiger partial charge in [0.1, 0.15) is 22.7 Å².